The first-order valence-electron chi connectivity index (χ1n) is 6.96. The van der Waals surface area contributed by atoms with E-state index in [0.717, 1.165) is 12.7 Å². The first kappa shape index (κ1) is 15.5. The van der Waals surface area contributed by atoms with E-state index < -0.39 is 11.7 Å². The van der Waals surface area contributed by atoms with Gasteiger partial charge in [-0.2, -0.15) is 0 Å². The molecule has 1 aliphatic rings. The Kier molecular flexibility index (Phi) is 5.73. The molecule has 4 nitrogen and oxygen atoms in total. The molecule has 1 saturated carbocycles. The van der Waals surface area contributed by atoms with E-state index in [9.17, 15) is 9.18 Å². The third-order valence-electron chi connectivity index (χ3n) is 3.11. The smallest absolute Gasteiger partial charge is 0.252 e. The van der Waals surface area contributed by atoms with Gasteiger partial charge in [0.25, 0.3) is 5.91 Å². The Morgan fingerprint density at radius 2 is 2.29 bits per heavy atom. The van der Waals surface area contributed by atoms with Crippen LogP contribution in [-0.4, -0.2) is 37.4 Å². The minimum absolute atomic E-state index is 0.165. The molecule has 1 aromatic carbocycles. The van der Waals surface area contributed by atoms with Gasteiger partial charge in [0.15, 0.2) is 0 Å². The maximum Gasteiger partial charge on any atom is 0.252 e. The van der Waals surface area contributed by atoms with Gasteiger partial charge in [-0.05, 0) is 37.0 Å². The van der Waals surface area contributed by atoms with Crippen LogP contribution in [0, 0.1) is 23.6 Å². The van der Waals surface area contributed by atoms with Crippen LogP contribution in [0.2, 0.25) is 0 Å². The Bertz CT molecular complexity index is 558. The van der Waals surface area contributed by atoms with Crippen LogP contribution in [0.3, 0.4) is 0 Å². The summed E-state index contributed by atoms with van der Waals surface area (Å²) in [5.41, 5.74) is 0.556. The van der Waals surface area contributed by atoms with Gasteiger partial charge in [-0.1, -0.05) is 11.8 Å². The number of aliphatic hydroxyl groups excluding tert-OH is 1. The second kappa shape index (κ2) is 7.77. The lowest BCUT2D eigenvalue weighted by Gasteiger charge is -2.08. The Hall–Kier alpha value is -1.90. The number of carbonyl (C=O) groups is 1. The van der Waals surface area contributed by atoms with Crippen molar-refractivity contribution < 1.29 is 19.0 Å². The molecule has 1 aromatic rings. The van der Waals surface area contributed by atoms with Crippen molar-refractivity contribution in [2.24, 2.45) is 5.92 Å². The van der Waals surface area contributed by atoms with Crippen LogP contribution < -0.4 is 5.32 Å². The lowest BCUT2D eigenvalue weighted by Crippen LogP contribution is -2.28. The summed E-state index contributed by atoms with van der Waals surface area (Å²) >= 11 is 0. The van der Waals surface area contributed by atoms with Gasteiger partial charge >= 0.3 is 0 Å². The molecule has 0 spiro atoms. The number of rotatable bonds is 6. The van der Waals surface area contributed by atoms with Crippen LogP contribution in [0.4, 0.5) is 4.39 Å². The highest BCUT2D eigenvalue weighted by atomic mass is 19.1. The lowest BCUT2D eigenvalue weighted by molar-refractivity contribution is 0.0906. The van der Waals surface area contributed by atoms with Crippen LogP contribution in [0.25, 0.3) is 0 Å². The third-order valence-corrected chi connectivity index (χ3v) is 3.11. The van der Waals surface area contributed by atoms with Gasteiger partial charge in [-0.25, -0.2) is 4.39 Å². The third kappa shape index (κ3) is 5.18. The summed E-state index contributed by atoms with van der Waals surface area (Å²) in [6.07, 6.45) is 2.45. The quantitative estimate of drug-likeness (QED) is 0.614. The van der Waals surface area contributed by atoms with Crippen LogP contribution in [0.5, 0.6) is 0 Å². The number of halogens is 1. The summed E-state index contributed by atoms with van der Waals surface area (Å²) in [4.78, 5) is 12.0. The molecule has 0 unspecified atom stereocenters. The minimum atomic E-state index is -0.500. The molecule has 1 aliphatic carbocycles. The fraction of sp³-hybridized carbons (Fsp3) is 0.438. The average Bonchev–Trinajstić information content (AvgIpc) is 3.29. The molecule has 0 atom stereocenters. The van der Waals surface area contributed by atoms with E-state index in [2.05, 4.69) is 17.2 Å². The molecule has 0 saturated heterocycles. The van der Waals surface area contributed by atoms with Crippen molar-refractivity contribution in [2.45, 2.75) is 12.8 Å². The van der Waals surface area contributed by atoms with Crippen molar-refractivity contribution in [3.05, 3.63) is 35.1 Å². The second-order valence-electron chi connectivity index (χ2n) is 4.92. The zero-order valence-corrected chi connectivity index (χ0v) is 11.7. The monoisotopic (exact) mass is 291 g/mol. The maximum atomic E-state index is 13.3. The molecule has 1 amide bonds. The van der Waals surface area contributed by atoms with Crippen molar-refractivity contribution >= 4 is 5.91 Å². The summed E-state index contributed by atoms with van der Waals surface area (Å²) in [7, 11) is 0. The maximum absolute atomic E-state index is 13.3. The van der Waals surface area contributed by atoms with E-state index in [0.29, 0.717) is 24.6 Å². The molecule has 0 bridgehead atoms. The number of aliphatic hydroxyl groups is 1. The van der Waals surface area contributed by atoms with E-state index in [1.54, 1.807) is 0 Å². The van der Waals surface area contributed by atoms with Gasteiger partial charge in [-0.3, -0.25) is 4.79 Å². The molecule has 2 rings (SSSR count). The first-order valence-corrected chi connectivity index (χ1v) is 6.96. The van der Waals surface area contributed by atoms with Gasteiger partial charge < -0.3 is 15.2 Å². The lowest BCUT2D eigenvalue weighted by atomic mass is 10.1. The fourth-order valence-corrected chi connectivity index (χ4v) is 1.81. The molecule has 0 aromatic heterocycles. The standard InChI is InChI=1S/C16H18FNO3/c17-14-6-5-13(2-1-8-19)15(10-14)16(20)18-7-9-21-11-12-3-4-12/h5-6,10,12,19H,3-4,7-9,11H2,(H,18,20). The van der Waals surface area contributed by atoms with Gasteiger partial charge in [0.2, 0.25) is 0 Å². The Morgan fingerprint density at radius 1 is 1.48 bits per heavy atom. The SMILES string of the molecule is O=C(NCCOCC1CC1)c1cc(F)ccc1C#CCO. The highest BCUT2D eigenvalue weighted by Crippen LogP contribution is 2.28. The summed E-state index contributed by atoms with van der Waals surface area (Å²) in [5.74, 6) is 4.88. The predicted octanol–water partition coefficient (Wildman–Crippen LogP) is 1.33. The molecule has 5 heteroatoms. The molecule has 0 radical (unpaired) electrons. The summed E-state index contributed by atoms with van der Waals surface area (Å²) in [6.45, 7) is 1.24. The molecule has 112 valence electrons. The number of nitrogens with one attached hydrogen (secondary N) is 1. The van der Waals surface area contributed by atoms with Crippen LogP contribution >= 0.6 is 0 Å². The zero-order chi connectivity index (χ0) is 15.1. The summed E-state index contributed by atoms with van der Waals surface area (Å²) in [6, 6.07) is 3.80. The van der Waals surface area contributed by atoms with Crippen molar-refractivity contribution in [2.75, 3.05) is 26.4 Å². The predicted molar refractivity (Wildman–Crippen MR) is 76.2 cm³/mol. The number of hydrogen-bond donors (Lipinski definition) is 2. The van der Waals surface area contributed by atoms with Crippen molar-refractivity contribution in [3.8, 4) is 11.8 Å². The number of amides is 1. The van der Waals surface area contributed by atoms with E-state index in [1.165, 1.54) is 25.0 Å². The highest BCUT2D eigenvalue weighted by molar-refractivity contribution is 5.96. The van der Waals surface area contributed by atoms with Crippen LogP contribution in [0.15, 0.2) is 18.2 Å². The van der Waals surface area contributed by atoms with Crippen molar-refractivity contribution in [1.29, 1.82) is 0 Å². The molecule has 21 heavy (non-hydrogen) atoms. The van der Waals surface area contributed by atoms with Gasteiger partial charge in [0.05, 0.1) is 12.2 Å². The second-order valence-corrected chi connectivity index (χ2v) is 4.92. The van der Waals surface area contributed by atoms with Crippen molar-refractivity contribution in [1.82, 2.24) is 5.32 Å². The molecular weight excluding hydrogens is 273 g/mol. The molecule has 2 N–H and O–H groups in total. The summed E-state index contributed by atoms with van der Waals surface area (Å²) in [5, 5.41) is 11.4. The Morgan fingerprint density at radius 3 is 3.00 bits per heavy atom. The normalized spacial score (nSPS) is 13.4. The number of carbonyl (C=O) groups excluding carboxylic acids is 1. The largest absolute Gasteiger partial charge is 0.384 e. The fourth-order valence-electron chi connectivity index (χ4n) is 1.81. The van der Waals surface area contributed by atoms with E-state index in [-0.39, 0.29) is 12.2 Å². The Labute approximate surface area is 123 Å². The first-order chi connectivity index (χ1) is 10.2. The number of benzene rings is 1. The van der Waals surface area contributed by atoms with Crippen LogP contribution in [0.1, 0.15) is 28.8 Å². The van der Waals surface area contributed by atoms with Crippen molar-refractivity contribution in [3.63, 3.8) is 0 Å². The van der Waals surface area contributed by atoms with Gasteiger partial charge in [0, 0.05) is 18.7 Å². The minimum Gasteiger partial charge on any atom is -0.384 e. The average molecular weight is 291 g/mol. The number of ether oxygens (including phenoxy) is 1. The van der Waals surface area contributed by atoms with E-state index in [4.69, 9.17) is 9.84 Å². The topological polar surface area (TPSA) is 58.6 Å². The van der Waals surface area contributed by atoms with Gasteiger partial charge in [-0.15, -0.1) is 0 Å². The molecule has 1 fully saturated rings. The number of hydrogen-bond acceptors (Lipinski definition) is 3. The van der Waals surface area contributed by atoms with Crippen LogP contribution in [-0.2, 0) is 4.74 Å². The Balaban J connectivity index is 1.88. The van der Waals surface area contributed by atoms with E-state index >= 15 is 0 Å². The van der Waals surface area contributed by atoms with Gasteiger partial charge in [0.1, 0.15) is 12.4 Å². The van der Waals surface area contributed by atoms with E-state index in [1.807, 2.05) is 0 Å². The molecule has 0 aliphatic heterocycles. The molecular formula is C16H18FNO3. The zero-order valence-electron chi connectivity index (χ0n) is 11.7. The summed E-state index contributed by atoms with van der Waals surface area (Å²) < 4.78 is 18.7. The highest BCUT2D eigenvalue weighted by Gasteiger charge is 2.21. The molecule has 0 heterocycles.